The van der Waals surface area contributed by atoms with Crippen LogP contribution in [0.25, 0.3) is 0 Å². The first-order valence-electron chi connectivity index (χ1n) is 11.3. The van der Waals surface area contributed by atoms with E-state index in [1.807, 2.05) is 44.2 Å². The molecular formula is C25H34N2O4. The van der Waals surface area contributed by atoms with E-state index in [1.165, 1.54) is 0 Å². The lowest BCUT2D eigenvalue weighted by atomic mass is 9.81. The average Bonchev–Trinajstić information content (AvgIpc) is 2.73. The van der Waals surface area contributed by atoms with E-state index < -0.39 is 6.23 Å². The molecule has 4 rings (SSSR count). The molecule has 31 heavy (non-hydrogen) atoms. The molecule has 1 aromatic heterocycles. The van der Waals surface area contributed by atoms with Gasteiger partial charge >= 0.3 is 0 Å². The van der Waals surface area contributed by atoms with Crippen molar-refractivity contribution in [2.45, 2.75) is 77.1 Å². The number of likely N-dealkylation sites (tertiary alicyclic amines) is 1. The molecule has 1 spiro atoms. The Bertz CT molecular complexity index is 860. The first-order chi connectivity index (χ1) is 14.8. The van der Waals surface area contributed by atoms with E-state index in [9.17, 15) is 5.11 Å². The van der Waals surface area contributed by atoms with Crippen molar-refractivity contribution in [3.63, 3.8) is 0 Å². The average molecular weight is 427 g/mol. The molecular weight excluding hydrogens is 392 g/mol. The second-order valence-corrected chi connectivity index (χ2v) is 9.21. The van der Waals surface area contributed by atoms with Crippen LogP contribution >= 0.6 is 0 Å². The van der Waals surface area contributed by atoms with Crippen molar-refractivity contribution in [3.05, 3.63) is 53.7 Å². The molecule has 6 nitrogen and oxygen atoms in total. The smallest absolute Gasteiger partial charge is 0.213 e. The summed E-state index contributed by atoms with van der Waals surface area (Å²) >= 11 is 0. The van der Waals surface area contributed by atoms with Crippen molar-refractivity contribution in [2.75, 3.05) is 13.1 Å². The lowest BCUT2D eigenvalue weighted by Crippen LogP contribution is -2.51. The van der Waals surface area contributed by atoms with E-state index in [0.717, 1.165) is 49.2 Å². The molecule has 1 aromatic carbocycles. The second kappa shape index (κ2) is 9.15. The zero-order valence-electron chi connectivity index (χ0n) is 19.0. The number of aliphatic hydroxyl groups excluding tert-OH is 1. The summed E-state index contributed by atoms with van der Waals surface area (Å²) in [5, 5.41) is 10.9. The van der Waals surface area contributed by atoms with Gasteiger partial charge in [0.1, 0.15) is 17.6 Å². The maximum absolute atomic E-state index is 10.9. The van der Waals surface area contributed by atoms with Gasteiger partial charge in [-0.1, -0.05) is 18.2 Å². The molecule has 2 aliphatic rings. The summed E-state index contributed by atoms with van der Waals surface area (Å²) in [6, 6.07) is 11.9. The highest BCUT2D eigenvalue weighted by atomic mass is 16.5. The van der Waals surface area contributed by atoms with Gasteiger partial charge in [-0.3, -0.25) is 4.90 Å². The monoisotopic (exact) mass is 426 g/mol. The van der Waals surface area contributed by atoms with Crippen molar-refractivity contribution in [1.29, 1.82) is 0 Å². The minimum atomic E-state index is -0.684. The fourth-order valence-corrected chi connectivity index (χ4v) is 4.56. The number of aliphatic hydroxyl groups is 1. The molecule has 6 heteroatoms. The lowest BCUT2D eigenvalue weighted by Gasteiger charge is -2.47. The Morgan fingerprint density at radius 1 is 1.06 bits per heavy atom. The van der Waals surface area contributed by atoms with Gasteiger partial charge in [0.05, 0.1) is 18.3 Å². The molecule has 0 radical (unpaired) electrons. The van der Waals surface area contributed by atoms with Gasteiger partial charge in [0.25, 0.3) is 0 Å². The molecule has 2 aliphatic heterocycles. The predicted molar refractivity (Wildman–Crippen MR) is 119 cm³/mol. The molecule has 1 unspecified atom stereocenters. The van der Waals surface area contributed by atoms with Gasteiger partial charge in [-0.15, -0.1) is 0 Å². The summed E-state index contributed by atoms with van der Waals surface area (Å²) in [4.78, 5) is 6.42. The number of pyridine rings is 1. The summed E-state index contributed by atoms with van der Waals surface area (Å²) in [7, 11) is 0. The van der Waals surface area contributed by atoms with Crippen LogP contribution in [0.1, 0.15) is 70.4 Å². The van der Waals surface area contributed by atoms with Gasteiger partial charge in [0.15, 0.2) is 0 Å². The summed E-state index contributed by atoms with van der Waals surface area (Å²) < 4.78 is 18.4. The van der Waals surface area contributed by atoms with Crippen LogP contribution < -0.4 is 9.47 Å². The highest BCUT2D eigenvalue weighted by Gasteiger charge is 2.44. The first-order valence-corrected chi connectivity index (χ1v) is 11.3. The van der Waals surface area contributed by atoms with Crippen LogP contribution in [0.4, 0.5) is 0 Å². The minimum absolute atomic E-state index is 0.0409. The maximum Gasteiger partial charge on any atom is 0.213 e. The fraction of sp³-hybridized carbons (Fsp3) is 0.560. The molecule has 0 saturated carbocycles. The van der Waals surface area contributed by atoms with Crippen molar-refractivity contribution in [1.82, 2.24) is 9.88 Å². The van der Waals surface area contributed by atoms with Crippen LogP contribution in [-0.2, 0) is 4.74 Å². The van der Waals surface area contributed by atoms with Gasteiger partial charge in [0.2, 0.25) is 5.88 Å². The molecule has 168 valence electrons. The third-order valence-electron chi connectivity index (χ3n) is 6.06. The highest BCUT2D eigenvalue weighted by Crippen LogP contribution is 2.46. The van der Waals surface area contributed by atoms with E-state index in [-0.39, 0.29) is 23.9 Å². The van der Waals surface area contributed by atoms with E-state index in [2.05, 4.69) is 29.8 Å². The van der Waals surface area contributed by atoms with E-state index in [0.29, 0.717) is 5.88 Å². The summed E-state index contributed by atoms with van der Waals surface area (Å²) in [6.07, 6.45) is 3.82. The third kappa shape index (κ3) is 5.03. The summed E-state index contributed by atoms with van der Waals surface area (Å²) in [5.74, 6) is 1.51. The van der Waals surface area contributed by atoms with Crippen LogP contribution in [0.5, 0.6) is 11.6 Å². The summed E-state index contributed by atoms with van der Waals surface area (Å²) in [6.45, 7) is 9.60. The Morgan fingerprint density at radius 2 is 1.81 bits per heavy atom. The Hall–Kier alpha value is -2.15. The lowest BCUT2D eigenvalue weighted by molar-refractivity contribution is -0.109. The number of hydrogen-bond donors (Lipinski definition) is 1. The Kier molecular flexibility index (Phi) is 6.51. The Balaban J connectivity index is 1.43. The standard InChI is InChI=1S/C25H34N2O4/c1-17(2)29-22-15-25(31-21-8-6-5-7-20(21)22)11-13-27(14-12-25)24(28)19-9-10-23(26-16-19)30-18(3)4/h5-10,16-18,22,24,28H,11-15H2,1-4H3/t22-,24?/m1/s1. The number of para-hydroxylation sites is 1. The molecule has 0 bridgehead atoms. The van der Waals surface area contributed by atoms with Crippen molar-refractivity contribution in [3.8, 4) is 11.6 Å². The molecule has 1 N–H and O–H groups in total. The highest BCUT2D eigenvalue weighted by molar-refractivity contribution is 5.38. The van der Waals surface area contributed by atoms with Crippen molar-refractivity contribution in [2.24, 2.45) is 0 Å². The van der Waals surface area contributed by atoms with Gasteiger partial charge in [-0.05, 0) is 39.8 Å². The third-order valence-corrected chi connectivity index (χ3v) is 6.06. The number of rotatable bonds is 6. The predicted octanol–water partition coefficient (Wildman–Crippen LogP) is 4.64. The molecule has 3 heterocycles. The number of piperidine rings is 1. The van der Waals surface area contributed by atoms with Crippen LogP contribution in [0.3, 0.4) is 0 Å². The number of benzene rings is 1. The molecule has 2 atom stereocenters. The molecule has 0 aliphatic carbocycles. The Labute approximate surface area is 185 Å². The fourth-order valence-electron chi connectivity index (χ4n) is 4.56. The normalized spacial score (nSPS) is 21.7. The number of nitrogens with zero attached hydrogens (tertiary/aromatic N) is 2. The quantitative estimate of drug-likeness (QED) is 0.726. The molecule has 2 aromatic rings. The molecule has 1 fully saturated rings. The molecule has 1 saturated heterocycles. The number of ether oxygens (including phenoxy) is 3. The second-order valence-electron chi connectivity index (χ2n) is 9.21. The maximum atomic E-state index is 10.9. The first kappa shape index (κ1) is 22.1. The number of hydrogen-bond acceptors (Lipinski definition) is 6. The van der Waals surface area contributed by atoms with Gasteiger partial charge < -0.3 is 19.3 Å². The zero-order chi connectivity index (χ0) is 22.0. The van der Waals surface area contributed by atoms with Gasteiger partial charge in [-0.25, -0.2) is 4.98 Å². The van der Waals surface area contributed by atoms with E-state index in [4.69, 9.17) is 14.2 Å². The zero-order valence-corrected chi connectivity index (χ0v) is 19.0. The van der Waals surface area contributed by atoms with Crippen molar-refractivity contribution < 1.29 is 19.3 Å². The number of aromatic nitrogens is 1. The largest absolute Gasteiger partial charge is 0.487 e. The van der Waals surface area contributed by atoms with Crippen LogP contribution in [0.2, 0.25) is 0 Å². The van der Waals surface area contributed by atoms with Gasteiger partial charge in [-0.2, -0.15) is 0 Å². The van der Waals surface area contributed by atoms with E-state index in [1.54, 1.807) is 6.20 Å². The van der Waals surface area contributed by atoms with Crippen LogP contribution in [0.15, 0.2) is 42.6 Å². The van der Waals surface area contributed by atoms with Gasteiger partial charge in [0, 0.05) is 55.7 Å². The minimum Gasteiger partial charge on any atom is -0.487 e. The van der Waals surface area contributed by atoms with Crippen LogP contribution in [0, 0.1) is 0 Å². The topological polar surface area (TPSA) is 64.1 Å². The van der Waals surface area contributed by atoms with Crippen molar-refractivity contribution >= 4 is 0 Å². The Morgan fingerprint density at radius 3 is 2.45 bits per heavy atom. The summed E-state index contributed by atoms with van der Waals surface area (Å²) in [5.41, 5.74) is 1.67. The van der Waals surface area contributed by atoms with E-state index >= 15 is 0 Å². The van der Waals surface area contributed by atoms with Crippen LogP contribution in [-0.4, -0.2) is 45.9 Å². The molecule has 0 amide bonds. The SMILES string of the molecule is CC(C)Oc1ccc(C(O)N2CCC3(CC2)C[C@@H](OC(C)C)c2ccccc2O3)cn1. The number of fused-ring (bicyclic) bond motifs is 1.